The molecule has 0 unspecified atom stereocenters. The number of ether oxygens (including phenoxy) is 3. The summed E-state index contributed by atoms with van der Waals surface area (Å²) in [5.41, 5.74) is 2.63. The van der Waals surface area contributed by atoms with Gasteiger partial charge in [-0.2, -0.15) is 0 Å². The first kappa shape index (κ1) is 27.4. The Balaban J connectivity index is 1.91. The standard InChI is InChI=1S/C27H34BrFN2O4/c1-16(2)23-21(24(31-25(28)30-23)17-8-10-18(29)11-9-17)13-12-19-14-20(34-27(6,7)33-19)15-22(32)35-26(3,4)5/h8-13,16,19-20H,14-15H2,1-7H3/b13-12+/t19-,20-/m1/s1. The monoisotopic (exact) mass is 548 g/mol. The third-order valence-electron chi connectivity index (χ3n) is 5.29. The van der Waals surface area contributed by atoms with Crippen molar-refractivity contribution in [3.63, 3.8) is 0 Å². The summed E-state index contributed by atoms with van der Waals surface area (Å²) in [6, 6.07) is 6.24. The fourth-order valence-corrected chi connectivity index (χ4v) is 4.42. The maximum atomic E-state index is 13.6. The van der Waals surface area contributed by atoms with Gasteiger partial charge in [-0.3, -0.25) is 4.79 Å². The van der Waals surface area contributed by atoms with Crippen LogP contribution in [0.1, 0.15) is 78.5 Å². The smallest absolute Gasteiger partial charge is 0.308 e. The number of rotatable bonds is 6. The molecule has 0 aliphatic carbocycles. The summed E-state index contributed by atoms with van der Waals surface area (Å²) in [5, 5.41) is 0. The topological polar surface area (TPSA) is 70.5 Å². The first-order chi connectivity index (χ1) is 16.2. The van der Waals surface area contributed by atoms with Crippen molar-refractivity contribution in [3.8, 4) is 11.3 Å². The molecule has 1 aliphatic rings. The highest BCUT2D eigenvalue weighted by Gasteiger charge is 2.36. The van der Waals surface area contributed by atoms with Crippen molar-refractivity contribution in [3.05, 3.63) is 52.1 Å². The number of benzene rings is 1. The average Bonchev–Trinajstić information content (AvgIpc) is 2.70. The first-order valence-corrected chi connectivity index (χ1v) is 12.6. The molecule has 2 heterocycles. The van der Waals surface area contributed by atoms with E-state index in [9.17, 15) is 9.18 Å². The molecule has 1 aliphatic heterocycles. The van der Waals surface area contributed by atoms with Crippen LogP contribution in [0.25, 0.3) is 17.3 Å². The quantitative estimate of drug-likeness (QED) is 0.291. The van der Waals surface area contributed by atoms with Crippen LogP contribution in [0.15, 0.2) is 35.1 Å². The molecule has 1 aromatic carbocycles. The molecule has 1 aromatic heterocycles. The lowest BCUT2D eigenvalue weighted by molar-refractivity contribution is -0.290. The molecule has 3 rings (SSSR count). The lowest BCUT2D eigenvalue weighted by Crippen LogP contribution is -2.45. The zero-order chi connectivity index (χ0) is 26.0. The maximum Gasteiger partial charge on any atom is 0.308 e. The largest absolute Gasteiger partial charge is 0.460 e. The summed E-state index contributed by atoms with van der Waals surface area (Å²) in [7, 11) is 0. The fraction of sp³-hybridized carbons (Fsp3) is 0.519. The van der Waals surface area contributed by atoms with Gasteiger partial charge in [0, 0.05) is 17.5 Å². The van der Waals surface area contributed by atoms with Crippen LogP contribution in [0.2, 0.25) is 0 Å². The Labute approximate surface area is 215 Å². The number of esters is 1. The van der Waals surface area contributed by atoms with E-state index in [4.69, 9.17) is 14.2 Å². The van der Waals surface area contributed by atoms with Crippen LogP contribution in [0, 0.1) is 5.82 Å². The summed E-state index contributed by atoms with van der Waals surface area (Å²) in [5.74, 6) is -1.35. The molecule has 190 valence electrons. The summed E-state index contributed by atoms with van der Waals surface area (Å²) < 4.78 is 31.6. The van der Waals surface area contributed by atoms with Gasteiger partial charge < -0.3 is 14.2 Å². The van der Waals surface area contributed by atoms with E-state index in [0.717, 1.165) is 16.8 Å². The number of halogens is 2. The zero-order valence-electron chi connectivity index (χ0n) is 21.4. The third kappa shape index (κ3) is 7.92. The van der Waals surface area contributed by atoms with E-state index in [2.05, 4.69) is 39.7 Å². The average molecular weight is 549 g/mol. The van der Waals surface area contributed by atoms with Crippen LogP contribution < -0.4 is 0 Å². The third-order valence-corrected chi connectivity index (χ3v) is 5.64. The van der Waals surface area contributed by atoms with E-state index in [0.29, 0.717) is 16.8 Å². The minimum Gasteiger partial charge on any atom is -0.460 e. The molecular weight excluding hydrogens is 515 g/mol. The van der Waals surface area contributed by atoms with Crippen molar-refractivity contribution >= 4 is 28.0 Å². The van der Waals surface area contributed by atoms with Crippen molar-refractivity contribution < 1.29 is 23.4 Å². The predicted molar refractivity (Wildman–Crippen MR) is 137 cm³/mol. The van der Waals surface area contributed by atoms with Crippen molar-refractivity contribution in [2.24, 2.45) is 0 Å². The molecule has 6 nitrogen and oxygen atoms in total. The minimum atomic E-state index is -0.864. The number of aromatic nitrogens is 2. The van der Waals surface area contributed by atoms with E-state index in [1.54, 1.807) is 12.1 Å². The van der Waals surface area contributed by atoms with Gasteiger partial charge in [-0.1, -0.05) is 26.0 Å². The molecule has 1 saturated heterocycles. The van der Waals surface area contributed by atoms with Gasteiger partial charge in [-0.15, -0.1) is 0 Å². The van der Waals surface area contributed by atoms with Gasteiger partial charge in [0.25, 0.3) is 0 Å². The lowest BCUT2D eigenvalue weighted by atomic mass is 9.97. The van der Waals surface area contributed by atoms with Crippen LogP contribution in [0.5, 0.6) is 0 Å². The van der Waals surface area contributed by atoms with Crippen molar-refractivity contribution in [1.29, 1.82) is 0 Å². The molecule has 2 aromatic rings. The van der Waals surface area contributed by atoms with Crippen LogP contribution in [0.4, 0.5) is 4.39 Å². The highest BCUT2D eigenvalue weighted by atomic mass is 79.9. The second kappa shape index (κ2) is 10.8. The normalized spacial score (nSPS) is 20.4. The van der Waals surface area contributed by atoms with Gasteiger partial charge in [-0.05, 0) is 80.7 Å². The molecule has 0 saturated carbocycles. The van der Waals surface area contributed by atoms with Gasteiger partial charge >= 0.3 is 5.97 Å². The highest BCUT2D eigenvalue weighted by Crippen LogP contribution is 2.33. The van der Waals surface area contributed by atoms with Crippen LogP contribution in [-0.2, 0) is 19.0 Å². The van der Waals surface area contributed by atoms with E-state index in [-0.39, 0.29) is 36.3 Å². The van der Waals surface area contributed by atoms with Crippen LogP contribution >= 0.6 is 15.9 Å². The van der Waals surface area contributed by atoms with Crippen molar-refractivity contribution in [2.75, 3.05) is 0 Å². The number of carbonyl (C=O) groups excluding carboxylic acids is 1. The number of hydrogen-bond donors (Lipinski definition) is 0. The van der Waals surface area contributed by atoms with Gasteiger partial charge in [0.15, 0.2) is 10.5 Å². The second-order valence-corrected chi connectivity index (χ2v) is 11.2. The van der Waals surface area contributed by atoms with E-state index < -0.39 is 11.4 Å². The summed E-state index contributed by atoms with van der Waals surface area (Å²) in [4.78, 5) is 21.6. The Hall–Kier alpha value is -2.16. The molecule has 35 heavy (non-hydrogen) atoms. The number of nitrogens with zero attached hydrogens (tertiary/aromatic N) is 2. The molecule has 2 atom stereocenters. The fourth-order valence-electron chi connectivity index (χ4n) is 4.06. The minimum absolute atomic E-state index is 0.125. The zero-order valence-corrected chi connectivity index (χ0v) is 23.0. The Morgan fingerprint density at radius 3 is 2.49 bits per heavy atom. The second-order valence-electron chi connectivity index (χ2n) is 10.5. The molecule has 0 amide bonds. The molecule has 0 spiro atoms. The number of carbonyl (C=O) groups is 1. The van der Waals surface area contributed by atoms with E-state index >= 15 is 0 Å². The first-order valence-electron chi connectivity index (χ1n) is 11.8. The van der Waals surface area contributed by atoms with Gasteiger partial charge in [-0.25, -0.2) is 14.4 Å². The Morgan fingerprint density at radius 2 is 1.89 bits per heavy atom. The molecule has 1 fully saturated rings. The van der Waals surface area contributed by atoms with E-state index in [1.807, 2.05) is 46.8 Å². The SMILES string of the molecule is CC(C)c1nc(Br)nc(-c2ccc(F)cc2)c1/C=C/[C@@H]1C[C@H](CC(=O)OC(C)(C)C)OC(C)(C)O1. The van der Waals surface area contributed by atoms with Crippen molar-refractivity contribution in [1.82, 2.24) is 9.97 Å². The molecule has 8 heteroatoms. The summed E-state index contributed by atoms with van der Waals surface area (Å²) in [6.07, 6.45) is 3.92. The van der Waals surface area contributed by atoms with Crippen molar-refractivity contribution in [2.45, 2.75) is 90.8 Å². The molecule has 0 N–H and O–H groups in total. The van der Waals surface area contributed by atoms with Gasteiger partial charge in [0.05, 0.1) is 30.0 Å². The Bertz CT molecular complexity index is 1080. The molecular formula is C27H34BrFN2O4. The van der Waals surface area contributed by atoms with Crippen LogP contribution in [-0.4, -0.2) is 39.5 Å². The lowest BCUT2D eigenvalue weighted by Gasteiger charge is -2.39. The van der Waals surface area contributed by atoms with E-state index in [1.165, 1.54) is 12.1 Å². The van der Waals surface area contributed by atoms with Crippen LogP contribution in [0.3, 0.4) is 0 Å². The van der Waals surface area contributed by atoms with Gasteiger partial charge in [0.1, 0.15) is 11.4 Å². The molecule has 0 bridgehead atoms. The Morgan fingerprint density at radius 1 is 1.23 bits per heavy atom. The Kier molecular flexibility index (Phi) is 8.50. The summed E-state index contributed by atoms with van der Waals surface area (Å²) >= 11 is 3.42. The highest BCUT2D eigenvalue weighted by molar-refractivity contribution is 9.10. The number of hydrogen-bond acceptors (Lipinski definition) is 6. The van der Waals surface area contributed by atoms with Gasteiger partial charge in [0.2, 0.25) is 0 Å². The maximum absolute atomic E-state index is 13.6. The predicted octanol–water partition coefficient (Wildman–Crippen LogP) is 6.82. The molecule has 0 radical (unpaired) electrons. The summed E-state index contributed by atoms with van der Waals surface area (Å²) in [6.45, 7) is 13.3.